The van der Waals surface area contributed by atoms with Gasteiger partial charge in [-0.05, 0) is 13.1 Å². The molecule has 0 unspecified atom stereocenters. The molecule has 0 bridgehead atoms. The standard InChI is InChI=1S/C18H23N7O2S2/c1-22(2)18-20-17-13(29-18)10-12(28-17)16(27)19-14-4-5-25(21-14)11-15(26)24-8-6-23(3)7-9-24/h4-5,10H,6-9,11H2,1-3H3,(H,19,21,27). The predicted molar refractivity (Wildman–Crippen MR) is 116 cm³/mol. The molecule has 11 heteroatoms. The number of hydrogen-bond donors (Lipinski definition) is 1. The second-order valence-electron chi connectivity index (χ2n) is 7.21. The molecule has 0 atom stereocenters. The summed E-state index contributed by atoms with van der Waals surface area (Å²) in [6.45, 7) is 3.41. The van der Waals surface area contributed by atoms with Crippen LogP contribution in [0, 0.1) is 0 Å². The summed E-state index contributed by atoms with van der Waals surface area (Å²) in [6, 6.07) is 3.56. The molecule has 0 spiro atoms. The molecule has 154 valence electrons. The molecule has 1 saturated heterocycles. The second-order valence-corrected chi connectivity index (χ2v) is 9.25. The van der Waals surface area contributed by atoms with Gasteiger partial charge >= 0.3 is 0 Å². The number of amides is 2. The van der Waals surface area contributed by atoms with Crippen LogP contribution in [0.2, 0.25) is 0 Å². The van der Waals surface area contributed by atoms with Crippen LogP contribution < -0.4 is 10.2 Å². The zero-order valence-corrected chi connectivity index (χ0v) is 18.2. The Kier molecular flexibility index (Phi) is 5.52. The second kappa shape index (κ2) is 8.09. The number of thiazole rings is 1. The van der Waals surface area contributed by atoms with Crippen LogP contribution in [0.15, 0.2) is 18.3 Å². The van der Waals surface area contributed by atoms with E-state index >= 15 is 0 Å². The number of aromatic nitrogens is 3. The first-order valence-electron chi connectivity index (χ1n) is 9.28. The van der Waals surface area contributed by atoms with Gasteiger partial charge in [0.15, 0.2) is 10.9 Å². The number of piperazine rings is 1. The molecule has 1 N–H and O–H groups in total. The third-order valence-electron chi connectivity index (χ3n) is 4.72. The fourth-order valence-corrected chi connectivity index (χ4v) is 5.04. The molecule has 3 aromatic rings. The number of fused-ring (bicyclic) bond motifs is 1. The summed E-state index contributed by atoms with van der Waals surface area (Å²) >= 11 is 2.92. The SMILES string of the molecule is CN1CCN(C(=O)Cn2ccc(NC(=O)c3cc4sc(N(C)C)nc4s3)n2)CC1. The summed E-state index contributed by atoms with van der Waals surface area (Å²) in [5, 5.41) is 8.03. The first-order valence-corrected chi connectivity index (χ1v) is 10.9. The van der Waals surface area contributed by atoms with Gasteiger partial charge < -0.3 is 20.0 Å². The Morgan fingerprint density at radius 1 is 1.21 bits per heavy atom. The Hall–Kier alpha value is -2.50. The molecule has 0 aliphatic carbocycles. The fourth-order valence-electron chi connectivity index (χ4n) is 3.02. The first kappa shape index (κ1) is 19.8. The molecule has 0 saturated carbocycles. The number of nitrogens with one attached hydrogen (secondary N) is 1. The van der Waals surface area contributed by atoms with Gasteiger partial charge in [0.05, 0.1) is 9.58 Å². The van der Waals surface area contributed by atoms with Crippen molar-refractivity contribution in [2.24, 2.45) is 0 Å². The molecule has 1 fully saturated rings. The normalized spacial score (nSPS) is 15.1. The third-order valence-corrected chi connectivity index (χ3v) is 7.05. The number of carbonyl (C=O) groups excluding carboxylic acids is 2. The molecule has 3 aromatic heterocycles. The van der Waals surface area contributed by atoms with Crippen LogP contribution >= 0.6 is 22.7 Å². The number of likely N-dealkylation sites (N-methyl/N-ethyl adjacent to an activating group) is 1. The molecule has 1 aliphatic rings. The van der Waals surface area contributed by atoms with Crippen molar-refractivity contribution >= 4 is 55.0 Å². The number of rotatable bonds is 5. The van der Waals surface area contributed by atoms with Crippen LogP contribution in [0.4, 0.5) is 10.9 Å². The van der Waals surface area contributed by atoms with Crippen molar-refractivity contribution in [1.82, 2.24) is 24.6 Å². The Bertz CT molecular complexity index is 999. The van der Waals surface area contributed by atoms with E-state index in [1.807, 2.05) is 30.0 Å². The van der Waals surface area contributed by atoms with Crippen LogP contribution in [0.1, 0.15) is 9.67 Å². The van der Waals surface area contributed by atoms with Crippen LogP contribution in [0.5, 0.6) is 0 Å². The minimum absolute atomic E-state index is 0.0420. The quantitative estimate of drug-likeness (QED) is 0.658. The van der Waals surface area contributed by atoms with Crippen LogP contribution in [-0.2, 0) is 11.3 Å². The Balaban J connectivity index is 1.36. The van der Waals surface area contributed by atoms with E-state index in [4.69, 9.17) is 0 Å². The minimum atomic E-state index is -0.220. The molecule has 4 rings (SSSR count). The van der Waals surface area contributed by atoms with E-state index in [1.54, 1.807) is 28.3 Å². The molecule has 2 amide bonds. The lowest BCUT2D eigenvalue weighted by molar-refractivity contribution is -0.133. The van der Waals surface area contributed by atoms with E-state index in [0.29, 0.717) is 10.7 Å². The van der Waals surface area contributed by atoms with Crippen molar-refractivity contribution in [2.45, 2.75) is 6.54 Å². The smallest absolute Gasteiger partial charge is 0.267 e. The van der Waals surface area contributed by atoms with Crippen molar-refractivity contribution in [2.75, 3.05) is 57.5 Å². The maximum atomic E-state index is 12.5. The Morgan fingerprint density at radius 3 is 2.66 bits per heavy atom. The molecule has 29 heavy (non-hydrogen) atoms. The van der Waals surface area contributed by atoms with Gasteiger partial charge in [-0.2, -0.15) is 5.10 Å². The van der Waals surface area contributed by atoms with Crippen molar-refractivity contribution in [1.29, 1.82) is 0 Å². The lowest BCUT2D eigenvalue weighted by atomic mass is 10.3. The largest absolute Gasteiger partial charge is 0.354 e. The summed E-state index contributed by atoms with van der Waals surface area (Å²) in [7, 11) is 5.94. The highest BCUT2D eigenvalue weighted by Gasteiger charge is 2.20. The van der Waals surface area contributed by atoms with E-state index in [1.165, 1.54) is 11.3 Å². The average molecular weight is 434 g/mol. The van der Waals surface area contributed by atoms with Crippen molar-refractivity contribution in [3.8, 4) is 0 Å². The Morgan fingerprint density at radius 2 is 1.97 bits per heavy atom. The van der Waals surface area contributed by atoms with Gasteiger partial charge in [0.25, 0.3) is 5.91 Å². The van der Waals surface area contributed by atoms with Crippen molar-refractivity contribution < 1.29 is 9.59 Å². The molecule has 9 nitrogen and oxygen atoms in total. The highest BCUT2D eigenvalue weighted by molar-refractivity contribution is 7.29. The highest BCUT2D eigenvalue weighted by atomic mass is 32.1. The van der Waals surface area contributed by atoms with Gasteiger partial charge in [0, 0.05) is 52.5 Å². The lowest BCUT2D eigenvalue weighted by Crippen LogP contribution is -2.48. The summed E-state index contributed by atoms with van der Waals surface area (Å²) in [4.78, 5) is 37.0. The molecule has 1 aliphatic heterocycles. The minimum Gasteiger partial charge on any atom is -0.354 e. The van der Waals surface area contributed by atoms with E-state index in [9.17, 15) is 9.59 Å². The van der Waals surface area contributed by atoms with E-state index < -0.39 is 0 Å². The maximum absolute atomic E-state index is 12.5. The van der Waals surface area contributed by atoms with Crippen molar-refractivity contribution in [3.05, 3.63) is 23.2 Å². The number of carbonyl (C=O) groups is 2. The molecular formula is C18H23N7O2S2. The molecule has 0 aromatic carbocycles. The summed E-state index contributed by atoms with van der Waals surface area (Å²) in [5.41, 5.74) is 0. The number of nitrogens with zero attached hydrogens (tertiary/aromatic N) is 6. The summed E-state index contributed by atoms with van der Waals surface area (Å²) < 4.78 is 2.56. The number of hydrogen-bond acceptors (Lipinski definition) is 8. The maximum Gasteiger partial charge on any atom is 0.267 e. The van der Waals surface area contributed by atoms with Gasteiger partial charge in [-0.3, -0.25) is 14.3 Å². The Labute approximate surface area is 176 Å². The topological polar surface area (TPSA) is 86.6 Å². The number of thiophene rings is 1. The zero-order valence-electron chi connectivity index (χ0n) is 16.6. The molecule has 0 radical (unpaired) electrons. The highest BCUT2D eigenvalue weighted by Crippen LogP contribution is 2.34. The van der Waals surface area contributed by atoms with Gasteiger partial charge in [0.2, 0.25) is 5.91 Å². The molecule has 4 heterocycles. The monoisotopic (exact) mass is 433 g/mol. The average Bonchev–Trinajstić information content (AvgIpc) is 3.37. The summed E-state index contributed by atoms with van der Waals surface area (Å²) in [5.74, 6) is 0.252. The predicted octanol–water partition coefficient (Wildman–Crippen LogP) is 1.65. The van der Waals surface area contributed by atoms with E-state index in [2.05, 4.69) is 27.3 Å². The van der Waals surface area contributed by atoms with E-state index in [0.717, 1.165) is 40.8 Å². The van der Waals surface area contributed by atoms with Gasteiger partial charge in [-0.1, -0.05) is 11.3 Å². The zero-order chi connectivity index (χ0) is 20.5. The first-order chi connectivity index (χ1) is 13.9. The van der Waals surface area contributed by atoms with Crippen molar-refractivity contribution in [3.63, 3.8) is 0 Å². The third kappa shape index (κ3) is 4.41. The lowest BCUT2D eigenvalue weighted by Gasteiger charge is -2.32. The van der Waals surface area contributed by atoms with Gasteiger partial charge in [0.1, 0.15) is 11.4 Å². The summed E-state index contributed by atoms with van der Waals surface area (Å²) in [6.07, 6.45) is 1.71. The van der Waals surface area contributed by atoms with E-state index in [-0.39, 0.29) is 18.4 Å². The van der Waals surface area contributed by atoms with Gasteiger partial charge in [-0.25, -0.2) is 4.98 Å². The van der Waals surface area contributed by atoms with Gasteiger partial charge in [-0.15, -0.1) is 11.3 Å². The fraction of sp³-hybridized carbons (Fsp3) is 0.444. The molecular weight excluding hydrogens is 410 g/mol. The van der Waals surface area contributed by atoms with Crippen LogP contribution in [-0.4, -0.2) is 83.7 Å². The van der Waals surface area contributed by atoms with Crippen LogP contribution in [0.3, 0.4) is 0 Å². The number of anilines is 2. The van der Waals surface area contributed by atoms with Crippen LogP contribution in [0.25, 0.3) is 9.53 Å².